The predicted molar refractivity (Wildman–Crippen MR) is 0 cm³/mol. The Morgan fingerprint density at radius 1 is 0.600 bits per heavy atom. The summed E-state index contributed by atoms with van der Waals surface area (Å²) >= 11 is 0. The zero-order valence-electron chi connectivity index (χ0n) is 2.01. The molecule has 0 saturated heterocycles. The second-order valence-electron chi connectivity index (χ2n) is 0. The van der Waals surface area contributed by atoms with Gasteiger partial charge >= 0.3 is 26.2 Å². The maximum atomic E-state index is 0. The Balaban J connectivity index is 0. The van der Waals surface area contributed by atoms with E-state index in [1.165, 1.54) is 0 Å². The van der Waals surface area contributed by atoms with Crippen LogP contribution in [0, 0.1) is 0 Å². The van der Waals surface area contributed by atoms with Crippen molar-refractivity contribution in [2.75, 3.05) is 0 Å². The molecule has 0 amide bonds. The van der Waals surface area contributed by atoms with Gasteiger partial charge in [-0.3, -0.25) is 0 Å². The van der Waals surface area contributed by atoms with Crippen molar-refractivity contribution in [2.45, 2.75) is 0 Å². The van der Waals surface area contributed by atoms with E-state index in [1.807, 2.05) is 0 Å². The maximum absolute atomic E-state index is 0. The fraction of sp³-hybridized carbons (Fsp3) is 0. The van der Waals surface area contributed by atoms with Crippen LogP contribution in [0.25, 0.3) is 0 Å². The molecule has 0 unspecified atom stereocenters. The Bertz CT molecular complexity index is 6.85. The normalized spacial score (nSPS) is 0. The van der Waals surface area contributed by atoms with Gasteiger partial charge in [0.2, 0.25) is 0 Å². The first-order chi connectivity index (χ1) is 0. The monoisotopic (exact) mass is 490 g/mol. The van der Waals surface area contributed by atoms with E-state index in [4.69, 9.17) is 0 Å². The Morgan fingerprint density at radius 3 is 0.600 bits per heavy atom. The number of halogens is 4. The van der Waals surface area contributed by atoms with Crippen LogP contribution < -0.4 is 76.6 Å². The number of hydrogen-bond donors (Lipinski definition) is 0. The summed E-state index contributed by atoms with van der Waals surface area (Å²) in [4.78, 5) is 0. The Hall–Kier alpha value is 3.00. The van der Waals surface area contributed by atoms with Crippen LogP contribution in [-0.4, -0.2) is 0 Å². The van der Waals surface area contributed by atoms with Gasteiger partial charge in [0.15, 0.2) is 0 Å². The van der Waals surface area contributed by atoms with Crippen LogP contribution in [-0.2, 0) is 26.2 Å². The minimum absolute atomic E-state index is 0. The zero-order chi connectivity index (χ0) is 0. The molecule has 0 aromatic rings. The van der Waals surface area contributed by atoms with Crippen molar-refractivity contribution in [3.63, 3.8) is 0 Å². The Kier molecular flexibility index (Phi) is 244. The summed E-state index contributed by atoms with van der Waals surface area (Å²) in [6.07, 6.45) is 0. The van der Waals surface area contributed by atoms with Gasteiger partial charge < -0.3 is 76.6 Å². The minimum Gasteiger partial charge on any atom is -1.00 e. The van der Waals surface area contributed by atoms with Gasteiger partial charge in [0.1, 0.15) is 0 Å². The van der Waals surface area contributed by atoms with Crippen molar-refractivity contribution >= 4 is 0 Å². The quantitative estimate of drug-likeness (QED) is 0.296. The smallest absolute Gasteiger partial charge is 1.00 e. The van der Waals surface area contributed by atoms with Crippen LogP contribution in [0.2, 0.25) is 0 Å². The number of hydrogen-bond acceptors (Lipinski definition) is 0. The first kappa shape index (κ1) is 43.5. The van der Waals surface area contributed by atoms with Gasteiger partial charge in [-0.05, 0) is 0 Å². The molecule has 0 heterocycles. The van der Waals surface area contributed by atoms with Crippen molar-refractivity contribution in [2.24, 2.45) is 0 Å². The molecule has 0 spiro atoms. The zero-order valence-corrected chi connectivity index (χ0v) is 10.9. The topological polar surface area (TPSA) is 0 Å². The molecule has 5 heavy (non-hydrogen) atoms. The number of rotatable bonds is 0. The third-order valence-corrected chi connectivity index (χ3v) is 0. The SMILES string of the molecule is [F-].[I-].[I-].[I-].[Zr+4]. The molecule has 0 nitrogen and oxygen atoms in total. The van der Waals surface area contributed by atoms with Gasteiger partial charge in [-0.2, -0.15) is 0 Å². The van der Waals surface area contributed by atoms with E-state index in [0.717, 1.165) is 0 Å². The van der Waals surface area contributed by atoms with Crippen LogP contribution in [0.1, 0.15) is 0 Å². The third-order valence-electron chi connectivity index (χ3n) is 0. The molecule has 0 atom stereocenters. The van der Waals surface area contributed by atoms with Crippen LogP contribution in [0.4, 0.5) is 0 Å². The Labute approximate surface area is 101 Å². The fourth-order valence-corrected chi connectivity index (χ4v) is 0. The van der Waals surface area contributed by atoms with E-state index in [-0.39, 0.29) is 103 Å². The standard InChI is InChI=1S/FH.3HI.Zr/h4*1H;/q;;;;+4/p-4. The maximum Gasteiger partial charge on any atom is 4.00 e. The summed E-state index contributed by atoms with van der Waals surface area (Å²) in [5, 5.41) is 0. The van der Waals surface area contributed by atoms with E-state index < -0.39 is 0 Å². The van der Waals surface area contributed by atoms with Crippen LogP contribution in [0.3, 0.4) is 0 Å². The minimum atomic E-state index is 0. The van der Waals surface area contributed by atoms with Gasteiger partial charge in [0.05, 0.1) is 0 Å². The van der Waals surface area contributed by atoms with Crippen LogP contribution in [0.15, 0.2) is 0 Å². The van der Waals surface area contributed by atoms with Gasteiger partial charge in [0, 0.05) is 0 Å². The van der Waals surface area contributed by atoms with Crippen molar-refractivity contribution in [3.05, 3.63) is 0 Å². The predicted octanol–water partition coefficient (Wildman–Crippen LogP) is -12.0. The van der Waals surface area contributed by atoms with Crippen LogP contribution in [0.5, 0.6) is 0 Å². The van der Waals surface area contributed by atoms with E-state index in [2.05, 4.69) is 0 Å². The molecular weight excluding hydrogens is 491 g/mol. The molecule has 0 bridgehead atoms. The van der Waals surface area contributed by atoms with Crippen molar-refractivity contribution in [3.8, 4) is 0 Å². The van der Waals surface area contributed by atoms with Gasteiger partial charge in [-0.15, -0.1) is 0 Å². The molecule has 32 valence electrons. The summed E-state index contributed by atoms with van der Waals surface area (Å²) in [6.45, 7) is 0. The van der Waals surface area contributed by atoms with E-state index in [1.54, 1.807) is 0 Å². The summed E-state index contributed by atoms with van der Waals surface area (Å²) in [5.41, 5.74) is 0. The summed E-state index contributed by atoms with van der Waals surface area (Å²) < 4.78 is 0. The first-order valence-corrected chi connectivity index (χ1v) is 0. The third kappa shape index (κ3) is 19.4. The van der Waals surface area contributed by atoms with E-state index >= 15 is 0 Å². The van der Waals surface area contributed by atoms with Gasteiger partial charge in [-0.25, -0.2) is 0 Å². The molecule has 0 radical (unpaired) electrons. The molecule has 0 fully saturated rings. The molecule has 5 heteroatoms. The van der Waals surface area contributed by atoms with Crippen molar-refractivity contribution in [1.29, 1.82) is 0 Å². The van der Waals surface area contributed by atoms with Gasteiger partial charge in [-0.1, -0.05) is 0 Å². The molecule has 0 aliphatic carbocycles. The van der Waals surface area contributed by atoms with E-state index in [9.17, 15) is 0 Å². The molecule has 0 saturated carbocycles. The van der Waals surface area contributed by atoms with E-state index in [0.29, 0.717) is 0 Å². The molecular formula is FI3Zr. The average molecular weight is 491 g/mol. The van der Waals surface area contributed by atoms with Crippen LogP contribution >= 0.6 is 0 Å². The molecule has 0 rings (SSSR count). The molecule has 0 aliphatic rings. The summed E-state index contributed by atoms with van der Waals surface area (Å²) in [6, 6.07) is 0. The summed E-state index contributed by atoms with van der Waals surface area (Å²) in [7, 11) is 0. The molecule has 0 aromatic heterocycles. The Morgan fingerprint density at radius 2 is 0.600 bits per heavy atom. The first-order valence-electron chi connectivity index (χ1n) is 0. The average Bonchev–Trinajstić information content (AvgIpc) is 0. The second kappa shape index (κ2) is 28.0. The largest absolute Gasteiger partial charge is 4.00 e. The fourth-order valence-electron chi connectivity index (χ4n) is 0. The second-order valence-corrected chi connectivity index (χ2v) is 0. The summed E-state index contributed by atoms with van der Waals surface area (Å²) in [5.74, 6) is 0. The van der Waals surface area contributed by atoms with Gasteiger partial charge in [0.25, 0.3) is 0 Å². The molecule has 0 aromatic carbocycles. The molecule has 0 N–H and O–H groups in total. The molecule has 0 aliphatic heterocycles. The van der Waals surface area contributed by atoms with Crippen molar-refractivity contribution in [1.82, 2.24) is 0 Å². The van der Waals surface area contributed by atoms with Crippen molar-refractivity contribution < 1.29 is 103 Å².